The van der Waals surface area contributed by atoms with Gasteiger partial charge in [0.2, 0.25) is 0 Å². The molecule has 1 N–H and O–H groups in total. The second-order valence-electron chi connectivity index (χ2n) is 4.79. The van der Waals surface area contributed by atoms with Crippen LogP contribution in [0.2, 0.25) is 0 Å². The SMILES string of the molecule is CC(c1ccc(Br)cc1)N1CCSCC1CC(=O)O. The lowest BCUT2D eigenvalue weighted by Gasteiger charge is -2.39. The van der Waals surface area contributed by atoms with Crippen LogP contribution < -0.4 is 0 Å². The Labute approximate surface area is 126 Å². The first kappa shape index (κ1) is 14.9. The normalized spacial score (nSPS) is 22.1. The van der Waals surface area contributed by atoms with Crippen LogP contribution in [0, 0.1) is 0 Å². The fraction of sp³-hybridized carbons (Fsp3) is 0.500. The highest BCUT2D eigenvalue weighted by atomic mass is 79.9. The predicted octanol–water partition coefficient (Wildman–Crippen LogP) is 3.40. The molecule has 0 aliphatic carbocycles. The Balaban J connectivity index is 2.12. The minimum absolute atomic E-state index is 0.134. The van der Waals surface area contributed by atoms with Crippen LogP contribution in [0.4, 0.5) is 0 Å². The quantitative estimate of drug-likeness (QED) is 0.909. The van der Waals surface area contributed by atoms with Crippen LogP contribution in [0.15, 0.2) is 28.7 Å². The van der Waals surface area contributed by atoms with Gasteiger partial charge < -0.3 is 5.11 Å². The molecule has 0 spiro atoms. The van der Waals surface area contributed by atoms with Crippen molar-refractivity contribution < 1.29 is 9.90 Å². The standard InChI is InChI=1S/C14H18BrNO2S/c1-10(11-2-4-12(15)5-3-11)16-6-7-19-9-13(16)8-14(17)18/h2-5,10,13H,6-9H2,1H3,(H,17,18). The van der Waals surface area contributed by atoms with E-state index in [1.807, 2.05) is 23.9 Å². The molecule has 1 aliphatic rings. The van der Waals surface area contributed by atoms with Crippen molar-refractivity contribution >= 4 is 33.7 Å². The molecule has 0 saturated carbocycles. The summed E-state index contributed by atoms with van der Waals surface area (Å²) in [6, 6.07) is 8.68. The number of benzene rings is 1. The summed E-state index contributed by atoms with van der Waals surface area (Å²) in [6.07, 6.45) is 0.230. The molecule has 1 aromatic rings. The molecule has 1 heterocycles. The number of thioether (sulfide) groups is 1. The third-order valence-electron chi connectivity index (χ3n) is 3.53. The highest BCUT2D eigenvalue weighted by Gasteiger charge is 2.29. The van der Waals surface area contributed by atoms with Crippen molar-refractivity contribution in [3.05, 3.63) is 34.3 Å². The zero-order valence-electron chi connectivity index (χ0n) is 10.9. The molecule has 2 unspecified atom stereocenters. The number of rotatable bonds is 4. The van der Waals surface area contributed by atoms with Gasteiger partial charge in [-0.2, -0.15) is 11.8 Å². The number of carboxylic acids is 1. The summed E-state index contributed by atoms with van der Waals surface area (Å²) in [5.41, 5.74) is 1.24. The first-order valence-corrected chi connectivity index (χ1v) is 8.33. The van der Waals surface area contributed by atoms with Gasteiger partial charge in [-0.3, -0.25) is 9.69 Å². The highest BCUT2D eigenvalue weighted by Crippen LogP contribution is 2.29. The molecule has 104 valence electrons. The number of carbonyl (C=O) groups is 1. The monoisotopic (exact) mass is 343 g/mol. The van der Waals surface area contributed by atoms with Crippen molar-refractivity contribution in [2.75, 3.05) is 18.1 Å². The van der Waals surface area contributed by atoms with E-state index in [0.29, 0.717) is 0 Å². The number of hydrogen-bond donors (Lipinski definition) is 1. The topological polar surface area (TPSA) is 40.5 Å². The average molecular weight is 344 g/mol. The summed E-state index contributed by atoms with van der Waals surface area (Å²) < 4.78 is 1.07. The summed E-state index contributed by atoms with van der Waals surface area (Å²) in [4.78, 5) is 13.3. The van der Waals surface area contributed by atoms with Crippen LogP contribution in [-0.4, -0.2) is 40.1 Å². The van der Waals surface area contributed by atoms with Gasteiger partial charge in [-0.15, -0.1) is 0 Å². The van der Waals surface area contributed by atoms with E-state index in [9.17, 15) is 4.79 Å². The molecule has 19 heavy (non-hydrogen) atoms. The number of hydrogen-bond acceptors (Lipinski definition) is 3. The van der Waals surface area contributed by atoms with E-state index >= 15 is 0 Å². The first-order chi connectivity index (χ1) is 9.08. The van der Waals surface area contributed by atoms with Crippen LogP contribution in [-0.2, 0) is 4.79 Å². The molecular formula is C14H18BrNO2S. The van der Waals surface area contributed by atoms with Crippen molar-refractivity contribution in [3.63, 3.8) is 0 Å². The molecule has 1 aliphatic heterocycles. The maximum absolute atomic E-state index is 11.0. The third kappa shape index (κ3) is 3.97. The second-order valence-corrected chi connectivity index (χ2v) is 6.86. The van der Waals surface area contributed by atoms with Gasteiger partial charge in [0.25, 0.3) is 0 Å². The average Bonchev–Trinajstić information content (AvgIpc) is 2.39. The summed E-state index contributed by atoms with van der Waals surface area (Å²) in [7, 11) is 0. The maximum atomic E-state index is 11.0. The number of carboxylic acid groups (broad SMARTS) is 1. The van der Waals surface area contributed by atoms with E-state index in [2.05, 4.69) is 39.9 Å². The maximum Gasteiger partial charge on any atom is 0.304 e. The number of aliphatic carboxylic acids is 1. The van der Waals surface area contributed by atoms with E-state index in [4.69, 9.17) is 5.11 Å². The molecule has 0 radical (unpaired) electrons. The third-order valence-corrected chi connectivity index (χ3v) is 5.15. The Morgan fingerprint density at radius 1 is 1.53 bits per heavy atom. The Bertz CT molecular complexity index is 438. The van der Waals surface area contributed by atoms with E-state index in [-0.39, 0.29) is 18.5 Å². The van der Waals surface area contributed by atoms with Gasteiger partial charge in [0.15, 0.2) is 0 Å². The van der Waals surface area contributed by atoms with E-state index < -0.39 is 5.97 Å². The lowest BCUT2D eigenvalue weighted by atomic mass is 10.0. The van der Waals surface area contributed by atoms with Crippen LogP contribution in [0.3, 0.4) is 0 Å². The largest absolute Gasteiger partial charge is 0.481 e. The number of nitrogens with zero attached hydrogens (tertiary/aromatic N) is 1. The summed E-state index contributed by atoms with van der Waals surface area (Å²) in [5.74, 6) is 1.28. The predicted molar refractivity (Wildman–Crippen MR) is 82.6 cm³/mol. The van der Waals surface area contributed by atoms with Gasteiger partial charge >= 0.3 is 5.97 Å². The zero-order valence-corrected chi connectivity index (χ0v) is 13.3. The molecule has 1 saturated heterocycles. The molecule has 0 aromatic heterocycles. The summed E-state index contributed by atoms with van der Waals surface area (Å²) >= 11 is 5.29. The Kier molecular flexibility index (Phi) is 5.30. The fourth-order valence-corrected chi connectivity index (χ4v) is 3.84. The molecule has 1 fully saturated rings. The van der Waals surface area contributed by atoms with Crippen LogP contribution in [0.1, 0.15) is 24.9 Å². The van der Waals surface area contributed by atoms with E-state index in [1.54, 1.807) is 0 Å². The van der Waals surface area contributed by atoms with Crippen molar-refractivity contribution in [1.82, 2.24) is 4.90 Å². The van der Waals surface area contributed by atoms with Crippen molar-refractivity contribution in [2.45, 2.75) is 25.4 Å². The lowest BCUT2D eigenvalue weighted by Crippen LogP contribution is -2.44. The Morgan fingerprint density at radius 3 is 2.84 bits per heavy atom. The van der Waals surface area contributed by atoms with E-state index in [0.717, 1.165) is 22.5 Å². The Hall–Kier alpha value is -0.520. The van der Waals surface area contributed by atoms with Crippen LogP contribution >= 0.6 is 27.7 Å². The molecule has 2 atom stereocenters. The molecular weight excluding hydrogens is 326 g/mol. The molecule has 2 rings (SSSR count). The molecule has 1 aromatic carbocycles. The van der Waals surface area contributed by atoms with E-state index in [1.165, 1.54) is 5.56 Å². The first-order valence-electron chi connectivity index (χ1n) is 6.38. The molecule has 0 bridgehead atoms. The lowest BCUT2D eigenvalue weighted by molar-refractivity contribution is -0.138. The van der Waals surface area contributed by atoms with Crippen LogP contribution in [0.25, 0.3) is 0 Å². The molecule has 3 nitrogen and oxygen atoms in total. The number of halogens is 1. The molecule has 0 amide bonds. The summed E-state index contributed by atoms with van der Waals surface area (Å²) in [5, 5.41) is 9.03. The smallest absolute Gasteiger partial charge is 0.304 e. The second kappa shape index (κ2) is 6.77. The van der Waals surface area contributed by atoms with Gasteiger partial charge in [0.1, 0.15) is 0 Å². The van der Waals surface area contributed by atoms with Gasteiger partial charge in [-0.1, -0.05) is 28.1 Å². The summed E-state index contributed by atoms with van der Waals surface area (Å²) in [6.45, 7) is 3.12. The minimum atomic E-state index is -0.708. The van der Waals surface area contributed by atoms with Gasteiger partial charge in [-0.25, -0.2) is 0 Å². The minimum Gasteiger partial charge on any atom is -0.481 e. The fourth-order valence-electron chi connectivity index (χ4n) is 2.49. The van der Waals surface area contributed by atoms with Crippen LogP contribution in [0.5, 0.6) is 0 Å². The molecule has 5 heteroatoms. The van der Waals surface area contributed by atoms with Gasteiger partial charge in [0.05, 0.1) is 6.42 Å². The van der Waals surface area contributed by atoms with Crippen molar-refractivity contribution in [2.24, 2.45) is 0 Å². The Morgan fingerprint density at radius 2 is 2.21 bits per heavy atom. The van der Waals surface area contributed by atoms with Gasteiger partial charge in [-0.05, 0) is 24.6 Å². The zero-order chi connectivity index (χ0) is 13.8. The highest BCUT2D eigenvalue weighted by molar-refractivity contribution is 9.10. The van der Waals surface area contributed by atoms with Crippen molar-refractivity contribution in [1.29, 1.82) is 0 Å². The van der Waals surface area contributed by atoms with Crippen molar-refractivity contribution in [3.8, 4) is 0 Å². The van der Waals surface area contributed by atoms with Gasteiger partial charge in [0, 0.05) is 34.6 Å².